The van der Waals surface area contributed by atoms with Crippen molar-refractivity contribution in [1.29, 1.82) is 0 Å². The van der Waals surface area contributed by atoms with Crippen LogP contribution in [-0.4, -0.2) is 28.9 Å². The number of imide groups is 1. The number of aromatic nitrogens is 1. The molecular formula is C31H25ClN4O3. The van der Waals surface area contributed by atoms with Crippen molar-refractivity contribution in [3.8, 4) is 11.1 Å². The van der Waals surface area contributed by atoms with E-state index >= 15 is 0 Å². The standard InChI is InChI=1S/C31H25ClN4O3/c32-25-10-4-8-21(20-7-3-9-22-24(20)15-34-29(22)37)28(25)17-11-12-23-26(13-17)35-31(39)36(30(23)38)27-16-33-14-18-5-1-2-6-19(18)27/h1-10,14,16-17,23,26H,11-13,15H2,(H,34,37)(H,35,39). The van der Waals surface area contributed by atoms with E-state index in [0.29, 0.717) is 35.7 Å². The number of pyridine rings is 1. The van der Waals surface area contributed by atoms with E-state index in [2.05, 4.69) is 15.6 Å². The van der Waals surface area contributed by atoms with E-state index in [-0.39, 0.29) is 29.7 Å². The Bertz CT molecular complexity index is 1680. The Morgan fingerprint density at radius 3 is 2.56 bits per heavy atom. The van der Waals surface area contributed by atoms with Crippen molar-refractivity contribution in [2.24, 2.45) is 5.92 Å². The summed E-state index contributed by atoms with van der Waals surface area (Å²) in [6.45, 7) is 0.481. The minimum atomic E-state index is -0.426. The molecule has 0 spiro atoms. The van der Waals surface area contributed by atoms with Crippen LogP contribution in [0.2, 0.25) is 5.02 Å². The van der Waals surface area contributed by atoms with Gasteiger partial charge in [0, 0.05) is 40.1 Å². The largest absolute Gasteiger partial charge is 0.348 e. The van der Waals surface area contributed by atoms with Gasteiger partial charge in [-0.25, -0.2) is 9.69 Å². The highest BCUT2D eigenvalue weighted by atomic mass is 35.5. The number of amides is 4. The molecule has 39 heavy (non-hydrogen) atoms. The quantitative estimate of drug-likeness (QED) is 0.346. The SMILES string of the molecule is O=C1NCc2c1cccc2-c1cccc(Cl)c1C1CCC2C(=O)N(c3cncc4ccccc34)C(=O)NC2C1. The number of nitrogens with zero attached hydrogens (tertiary/aromatic N) is 2. The second kappa shape index (κ2) is 9.20. The van der Waals surface area contributed by atoms with Crippen molar-refractivity contribution in [3.63, 3.8) is 0 Å². The maximum atomic E-state index is 13.7. The Kier molecular flexibility index (Phi) is 5.63. The van der Waals surface area contributed by atoms with Gasteiger partial charge in [0.15, 0.2) is 0 Å². The molecule has 1 saturated carbocycles. The lowest BCUT2D eigenvalue weighted by Gasteiger charge is -2.43. The molecular weight excluding hydrogens is 512 g/mol. The van der Waals surface area contributed by atoms with E-state index in [0.717, 1.165) is 39.4 Å². The van der Waals surface area contributed by atoms with Crippen molar-refractivity contribution in [2.75, 3.05) is 4.90 Å². The number of halogens is 1. The molecule has 3 aromatic carbocycles. The van der Waals surface area contributed by atoms with E-state index in [9.17, 15) is 14.4 Å². The smallest absolute Gasteiger partial charge is 0.329 e. The van der Waals surface area contributed by atoms with Crippen LogP contribution in [0.15, 0.2) is 73.1 Å². The number of rotatable bonds is 3. The fraction of sp³-hybridized carbons (Fsp3) is 0.226. The lowest BCUT2D eigenvalue weighted by molar-refractivity contribution is -0.124. The third-order valence-corrected chi connectivity index (χ3v) is 8.72. The summed E-state index contributed by atoms with van der Waals surface area (Å²) in [5.74, 6) is -0.531. The normalized spacial score (nSPS) is 22.3. The average molecular weight is 537 g/mol. The van der Waals surface area contributed by atoms with E-state index in [1.54, 1.807) is 12.4 Å². The lowest BCUT2D eigenvalue weighted by atomic mass is 9.72. The number of hydrogen-bond donors (Lipinski definition) is 2. The van der Waals surface area contributed by atoms with Crippen molar-refractivity contribution in [2.45, 2.75) is 37.8 Å². The molecule has 3 unspecified atom stereocenters. The lowest BCUT2D eigenvalue weighted by Crippen LogP contribution is -2.61. The third-order valence-electron chi connectivity index (χ3n) is 8.39. The molecule has 194 valence electrons. The molecule has 0 bridgehead atoms. The highest BCUT2D eigenvalue weighted by Gasteiger charge is 2.46. The van der Waals surface area contributed by atoms with Gasteiger partial charge in [-0.15, -0.1) is 0 Å². The van der Waals surface area contributed by atoms with Crippen LogP contribution < -0.4 is 15.5 Å². The highest BCUT2D eigenvalue weighted by Crippen LogP contribution is 2.46. The first kappa shape index (κ1) is 23.9. The van der Waals surface area contributed by atoms with Crippen LogP contribution in [0.3, 0.4) is 0 Å². The van der Waals surface area contributed by atoms with Crippen LogP contribution in [0.4, 0.5) is 10.5 Å². The molecule has 3 heterocycles. The number of anilines is 1. The Morgan fingerprint density at radius 1 is 0.872 bits per heavy atom. The Morgan fingerprint density at radius 2 is 1.67 bits per heavy atom. The molecule has 7 nitrogen and oxygen atoms in total. The first-order valence-electron chi connectivity index (χ1n) is 13.2. The average Bonchev–Trinajstić information content (AvgIpc) is 3.33. The molecule has 3 aliphatic rings. The molecule has 8 heteroatoms. The summed E-state index contributed by atoms with van der Waals surface area (Å²) in [6, 6.07) is 18.5. The molecule has 3 atom stereocenters. The maximum Gasteiger partial charge on any atom is 0.329 e. The van der Waals surface area contributed by atoms with Gasteiger partial charge in [0.1, 0.15) is 0 Å². The van der Waals surface area contributed by atoms with Crippen molar-refractivity contribution >= 4 is 45.9 Å². The molecule has 4 amide bonds. The van der Waals surface area contributed by atoms with Crippen LogP contribution in [0, 0.1) is 5.92 Å². The second-order valence-electron chi connectivity index (χ2n) is 10.4. The molecule has 2 aliphatic heterocycles. The van der Waals surface area contributed by atoms with Gasteiger partial charge in [-0.1, -0.05) is 60.1 Å². The van der Waals surface area contributed by atoms with Crippen molar-refractivity contribution < 1.29 is 14.4 Å². The minimum absolute atomic E-state index is 0.0507. The van der Waals surface area contributed by atoms with Gasteiger partial charge in [-0.05, 0) is 59.6 Å². The fourth-order valence-corrected chi connectivity index (χ4v) is 6.91. The first-order valence-corrected chi connectivity index (χ1v) is 13.5. The number of carbonyl (C=O) groups excluding carboxylic acids is 3. The number of fused-ring (bicyclic) bond motifs is 3. The second-order valence-corrected chi connectivity index (χ2v) is 10.8. The highest BCUT2D eigenvalue weighted by molar-refractivity contribution is 6.32. The van der Waals surface area contributed by atoms with Gasteiger partial charge in [0.05, 0.1) is 17.8 Å². The van der Waals surface area contributed by atoms with Gasteiger partial charge in [-0.3, -0.25) is 14.6 Å². The number of urea groups is 1. The fourth-order valence-electron chi connectivity index (χ4n) is 6.58. The van der Waals surface area contributed by atoms with Crippen LogP contribution in [0.25, 0.3) is 21.9 Å². The third kappa shape index (κ3) is 3.80. The number of carbonyl (C=O) groups is 3. The first-order chi connectivity index (χ1) is 19.0. The summed E-state index contributed by atoms with van der Waals surface area (Å²) in [7, 11) is 0. The van der Waals surface area contributed by atoms with Crippen LogP contribution in [0.1, 0.15) is 46.7 Å². The Labute approximate surface area is 230 Å². The summed E-state index contributed by atoms with van der Waals surface area (Å²) in [4.78, 5) is 44.9. The van der Waals surface area contributed by atoms with Crippen LogP contribution in [0.5, 0.6) is 0 Å². The summed E-state index contributed by atoms with van der Waals surface area (Å²) in [5, 5.41) is 8.39. The molecule has 1 aromatic heterocycles. The molecule has 2 fully saturated rings. The molecule has 1 aliphatic carbocycles. The van der Waals surface area contributed by atoms with Crippen LogP contribution in [-0.2, 0) is 11.3 Å². The van der Waals surface area contributed by atoms with Gasteiger partial charge in [0.2, 0.25) is 5.91 Å². The van der Waals surface area contributed by atoms with Gasteiger partial charge < -0.3 is 10.6 Å². The predicted molar refractivity (Wildman–Crippen MR) is 150 cm³/mol. The number of hydrogen-bond acceptors (Lipinski definition) is 4. The summed E-state index contributed by atoms with van der Waals surface area (Å²) in [5.41, 5.74) is 5.16. The zero-order valence-corrected chi connectivity index (χ0v) is 21.7. The number of benzene rings is 3. The predicted octanol–water partition coefficient (Wildman–Crippen LogP) is 5.81. The van der Waals surface area contributed by atoms with Crippen molar-refractivity contribution in [1.82, 2.24) is 15.6 Å². The van der Waals surface area contributed by atoms with E-state index in [1.807, 2.05) is 60.7 Å². The maximum absolute atomic E-state index is 13.7. The molecule has 7 rings (SSSR count). The van der Waals surface area contributed by atoms with E-state index in [4.69, 9.17) is 11.6 Å². The summed E-state index contributed by atoms with van der Waals surface area (Å²) >= 11 is 6.83. The zero-order valence-electron chi connectivity index (χ0n) is 21.0. The van der Waals surface area contributed by atoms with E-state index in [1.165, 1.54) is 4.90 Å². The van der Waals surface area contributed by atoms with Gasteiger partial charge in [-0.2, -0.15) is 0 Å². The van der Waals surface area contributed by atoms with E-state index < -0.39 is 6.03 Å². The topological polar surface area (TPSA) is 91.4 Å². The van der Waals surface area contributed by atoms with Gasteiger partial charge in [0.25, 0.3) is 5.91 Å². The summed E-state index contributed by atoms with van der Waals surface area (Å²) in [6.07, 6.45) is 5.30. The Balaban J connectivity index is 1.21. The number of nitrogens with one attached hydrogen (secondary N) is 2. The summed E-state index contributed by atoms with van der Waals surface area (Å²) < 4.78 is 0. The van der Waals surface area contributed by atoms with Gasteiger partial charge >= 0.3 is 6.03 Å². The zero-order chi connectivity index (χ0) is 26.7. The molecule has 0 radical (unpaired) electrons. The molecule has 1 saturated heterocycles. The minimum Gasteiger partial charge on any atom is -0.348 e. The molecule has 2 N–H and O–H groups in total. The molecule has 4 aromatic rings. The van der Waals surface area contributed by atoms with Crippen LogP contribution >= 0.6 is 11.6 Å². The van der Waals surface area contributed by atoms with Crippen molar-refractivity contribution in [3.05, 3.63) is 94.8 Å². The monoisotopic (exact) mass is 536 g/mol. The Hall–Kier alpha value is -4.23.